The van der Waals surface area contributed by atoms with Crippen LogP contribution in [0.2, 0.25) is 0 Å². The van der Waals surface area contributed by atoms with Crippen LogP contribution in [0, 0.1) is 11.3 Å². The lowest BCUT2D eigenvalue weighted by Gasteiger charge is -2.07. The van der Waals surface area contributed by atoms with Gasteiger partial charge in [0.25, 0.3) is 0 Å². The molecule has 1 rings (SSSR count). The fraction of sp³-hybridized carbons (Fsp3) is 0.111. The molecule has 0 aliphatic heterocycles. The first-order valence-electron chi connectivity index (χ1n) is 4.28. The second-order valence-electron chi connectivity index (χ2n) is 2.68. The predicted octanol–water partition coefficient (Wildman–Crippen LogP) is -0.376. The van der Waals surface area contributed by atoms with E-state index in [-0.39, 0.29) is 6.54 Å². The van der Waals surface area contributed by atoms with Crippen molar-refractivity contribution in [1.82, 2.24) is 5.32 Å². The molecular weight excluding hydrogens is 195 g/mol. The number of hydrogen-bond acceptors (Lipinski definition) is 4. The van der Waals surface area contributed by atoms with E-state index < -0.39 is 13.2 Å². The molecule has 6 heteroatoms. The Morgan fingerprint density at radius 2 is 2.20 bits per heavy atom. The minimum absolute atomic E-state index is 0.152. The molecule has 0 fully saturated rings. The summed E-state index contributed by atoms with van der Waals surface area (Å²) < 4.78 is 4.59. The van der Waals surface area contributed by atoms with Gasteiger partial charge in [0.2, 0.25) is 0 Å². The topological polar surface area (TPSA) is 82.4 Å². The van der Waals surface area contributed by atoms with Gasteiger partial charge < -0.3 is 15.0 Å². The van der Waals surface area contributed by atoms with Crippen molar-refractivity contribution >= 4 is 18.7 Å². The third-order valence-electron chi connectivity index (χ3n) is 1.62. The SMILES string of the molecule is N#CCNC(=O)OB(O)c1ccccc1. The summed E-state index contributed by atoms with van der Waals surface area (Å²) in [5, 5.41) is 19.8. The zero-order valence-electron chi connectivity index (χ0n) is 7.88. The molecule has 0 aromatic heterocycles. The molecule has 0 spiro atoms. The normalized spacial score (nSPS) is 8.80. The number of carbonyl (C=O) groups is 1. The number of hydrogen-bond donors (Lipinski definition) is 2. The molecule has 5 nitrogen and oxygen atoms in total. The molecule has 0 heterocycles. The summed E-state index contributed by atoms with van der Waals surface area (Å²) in [6.45, 7) is -0.152. The highest BCUT2D eigenvalue weighted by Gasteiger charge is 2.20. The molecule has 0 atom stereocenters. The third-order valence-corrected chi connectivity index (χ3v) is 1.62. The van der Waals surface area contributed by atoms with Crippen molar-refractivity contribution in [2.75, 3.05) is 6.54 Å². The van der Waals surface area contributed by atoms with E-state index >= 15 is 0 Å². The van der Waals surface area contributed by atoms with E-state index in [9.17, 15) is 9.82 Å². The van der Waals surface area contributed by atoms with Crippen LogP contribution in [0.15, 0.2) is 30.3 Å². The van der Waals surface area contributed by atoms with E-state index in [0.29, 0.717) is 5.46 Å². The highest BCUT2D eigenvalue weighted by Crippen LogP contribution is 1.88. The maximum atomic E-state index is 10.9. The molecule has 0 saturated heterocycles. The quantitative estimate of drug-likeness (QED) is 0.519. The summed E-state index contributed by atoms with van der Waals surface area (Å²) in [6, 6.07) is 10.2. The van der Waals surface area contributed by atoms with Crippen molar-refractivity contribution in [3.63, 3.8) is 0 Å². The van der Waals surface area contributed by atoms with Gasteiger partial charge in [-0.05, 0) is 5.46 Å². The third kappa shape index (κ3) is 3.71. The van der Waals surface area contributed by atoms with Crippen molar-refractivity contribution in [3.05, 3.63) is 30.3 Å². The summed E-state index contributed by atoms with van der Waals surface area (Å²) >= 11 is 0. The average molecular weight is 204 g/mol. The van der Waals surface area contributed by atoms with Gasteiger partial charge in [0.05, 0.1) is 6.07 Å². The molecule has 0 bridgehead atoms. The van der Waals surface area contributed by atoms with Crippen LogP contribution >= 0.6 is 0 Å². The molecule has 0 aliphatic carbocycles. The summed E-state index contributed by atoms with van der Waals surface area (Å²) in [5.74, 6) is 0. The smallest absolute Gasteiger partial charge is 0.489 e. The van der Waals surface area contributed by atoms with Gasteiger partial charge in [-0.25, -0.2) is 4.79 Å². The van der Waals surface area contributed by atoms with Crippen LogP contribution in [0.25, 0.3) is 0 Å². The number of rotatable bonds is 3. The lowest BCUT2D eigenvalue weighted by atomic mass is 9.80. The van der Waals surface area contributed by atoms with Gasteiger partial charge >= 0.3 is 13.2 Å². The molecule has 0 saturated carbocycles. The number of benzene rings is 1. The van der Waals surface area contributed by atoms with Crippen LogP contribution in [-0.4, -0.2) is 24.8 Å². The van der Waals surface area contributed by atoms with Crippen LogP contribution < -0.4 is 10.8 Å². The molecule has 0 radical (unpaired) electrons. The minimum Gasteiger partial charge on any atom is -0.489 e. The summed E-state index contributed by atoms with van der Waals surface area (Å²) in [7, 11) is -1.31. The zero-order chi connectivity index (χ0) is 11.1. The molecule has 15 heavy (non-hydrogen) atoms. The van der Waals surface area contributed by atoms with Crippen LogP contribution in [0.1, 0.15) is 0 Å². The molecule has 1 aromatic carbocycles. The first kappa shape index (κ1) is 11.1. The van der Waals surface area contributed by atoms with Crippen molar-refractivity contribution in [1.29, 1.82) is 5.26 Å². The van der Waals surface area contributed by atoms with E-state index in [4.69, 9.17) is 5.26 Å². The fourth-order valence-corrected chi connectivity index (χ4v) is 0.940. The molecule has 0 aliphatic rings. The van der Waals surface area contributed by atoms with Gasteiger partial charge in [-0.1, -0.05) is 30.3 Å². The fourth-order valence-electron chi connectivity index (χ4n) is 0.940. The molecule has 2 N–H and O–H groups in total. The van der Waals surface area contributed by atoms with Gasteiger partial charge in [0, 0.05) is 0 Å². The number of amides is 1. The average Bonchev–Trinajstić information content (AvgIpc) is 2.27. The van der Waals surface area contributed by atoms with Crippen LogP contribution in [-0.2, 0) is 4.65 Å². The Balaban J connectivity index is 2.46. The maximum Gasteiger partial charge on any atom is 0.563 e. The Morgan fingerprint density at radius 3 is 2.80 bits per heavy atom. The summed E-state index contributed by atoms with van der Waals surface area (Å²) in [5.41, 5.74) is 0.476. The van der Waals surface area contributed by atoms with Crippen LogP contribution in [0.5, 0.6) is 0 Å². The van der Waals surface area contributed by atoms with Gasteiger partial charge in [-0.3, -0.25) is 0 Å². The predicted molar refractivity (Wildman–Crippen MR) is 54.1 cm³/mol. The second kappa shape index (κ2) is 5.68. The monoisotopic (exact) mass is 204 g/mol. The minimum atomic E-state index is -1.31. The molecule has 76 valence electrons. The Kier molecular flexibility index (Phi) is 4.19. The van der Waals surface area contributed by atoms with E-state index in [1.807, 2.05) is 0 Å². The number of nitriles is 1. The van der Waals surface area contributed by atoms with Crippen molar-refractivity contribution in [2.24, 2.45) is 0 Å². The van der Waals surface area contributed by atoms with E-state index in [1.54, 1.807) is 36.4 Å². The first-order valence-corrected chi connectivity index (χ1v) is 4.28. The first-order chi connectivity index (χ1) is 7.24. The molecule has 0 unspecified atom stereocenters. The van der Waals surface area contributed by atoms with E-state index in [1.165, 1.54) is 0 Å². The Hall–Kier alpha value is -2.00. The number of nitrogens with zero attached hydrogens (tertiary/aromatic N) is 1. The number of nitrogens with one attached hydrogen (secondary N) is 1. The zero-order valence-corrected chi connectivity index (χ0v) is 7.88. The molecule has 1 aromatic rings. The Morgan fingerprint density at radius 1 is 1.53 bits per heavy atom. The van der Waals surface area contributed by atoms with Gasteiger partial charge in [-0.2, -0.15) is 5.26 Å². The van der Waals surface area contributed by atoms with Crippen molar-refractivity contribution in [2.45, 2.75) is 0 Å². The molecular formula is C9H9BN2O3. The van der Waals surface area contributed by atoms with Gasteiger partial charge in [-0.15, -0.1) is 0 Å². The van der Waals surface area contributed by atoms with Crippen molar-refractivity contribution < 1.29 is 14.5 Å². The largest absolute Gasteiger partial charge is 0.563 e. The lowest BCUT2D eigenvalue weighted by Crippen LogP contribution is -2.39. The van der Waals surface area contributed by atoms with Gasteiger partial charge in [0.15, 0.2) is 0 Å². The summed E-state index contributed by atoms with van der Waals surface area (Å²) in [6.07, 6.45) is -0.826. The highest BCUT2D eigenvalue weighted by molar-refractivity contribution is 6.61. The highest BCUT2D eigenvalue weighted by atomic mass is 16.6. The van der Waals surface area contributed by atoms with Gasteiger partial charge in [0.1, 0.15) is 6.54 Å². The Labute approximate surface area is 87.4 Å². The van der Waals surface area contributed by atoms with Crippen molar-refractivity contribution in [3.8, 4) is 6.07 Å². The molecule has 1 amide bonds. The van der Waals surface area contributed by atoms with E-state index in [0.717, 1.165) is 0 Å². The van der Waals surface area contributed by atoms with Crippen LogP contribution in [0.3, 0.4) is 0 Å². The van der Waals surface area contributed by atoms with Crippen LogP contribution in [0.4, 0.5) is 4.79 Å². The lowest BCUT2D eigenvalue weighted by molar-refractivity contribution is 0.194. The number of carbonyl (C=O) groups excluding carboxylic acids is 1. The Bertz CT molecular complexity index is 363. The standard InChI is InChI=1S/C9H9BN2O3/c11-6-7-12-9(13)15-10(14)8-4-2-1-3-5-8/h1-5,14H,7H2,(H,12,13). The maximum absolute atomic E-state index is 10.9. The second-order valence-corrected chi connectivity index (χ2v) is 2.68. The summed E-state index contributed by atoms with van der Waals surface area (Å²) in [4.78, 5) is 10.9. The van der Waals surface area contributed by atoms with E-state index in [2.05, 4.69) is 9.97 Å².